The first kappa shape index (κ1) is 14.1. The quantitative estimate of drug-likeness (QED) is 0.840. The molecule has 1 heterocycles. The fourth-order valence-corrected chi connectivity index (χ4v) is 2.42. The number of hydrogen-bond acceptors (Lipinski definition) is 2. The lowest BCUT2D eigenvalue weighted by Crippen LogP contribution is -2.21. The van der Waals surface area contributed by atoms with E-state index < -0.39 is 0 Å². The number of hydrogen-bond donors (Lipinski definition) is 0. The minimum absolute atomic E-state index is 0.0805. The number of fused-ring (bicyclic) bond motifs is 1. The van der Waals surface area contributed by atoms with Crippen molar-refractivity contribution >= 4 is 11.0 Å². The summed E-state index contributed by atoms with van der Waals surface area (Å²) in [6, 6.07) is 8.44. The first-order valence-electron chi connectivity index (χ1n) is 7.00. The number of imidazole rings is 1. The second-order valence-electron chi connectivity index (χ2n) is 6.48. The zero-order valence-electron chi connectivity index (χ0n) is 12.8. The molecule has 0 aliphatic heterocycles. The molecule has 19 heavy (non-hydrogen) atoms. The molecule has 0 bridgehead atoms. The molecule has 0 amide bonds. The molecule has 0 fully saturated rings. The number of benzene rings is 1. The Morgan fingerprint density at radius 1 is 1.16 bits per heavy atom. The Morgan fingerprint density at radius 2 is 1.84 bits per heavy atom. The summed E-state index contributed by atoms with van der Waals surface area (Å²) in [7, 11) is 4.24. The summed E-state index contributed by atoms with van der Waals surface area (Å²) in [5, 5.41) is 0. The molecule has 0 N–H and O–H groups in total. The summed E-state index contributed by atoms with van der Waals surface area (Å²) in [5.41, 5.74) is 2.44. The third-order valence-corrected chi connectivity index (χ3v) is 3.31. The molecular weight excluding hydrogens is 234 g/mol. The highest BCUT2D eigenvalue weighted by molar-refractivity contribution is 5.76. The van der Waals surface area contributed by atoms with Crippen LogP contribution in [-0.2, 0) is 12.0 Å². The fourth-order valence-electron chi connectivity index (χ4n) is 2.42. The maximum Gasteiger partial charge on any atom is 0.115 e. The molecule has 0 aliphatic rings. The van der Waals surface area contributed by atoms with Crippen molar-refractivity contribution in [3.8, 4) is 0 Å². The highest BCUT2D eigenvalue weighted by atomic mass is 15.1. The van der Waals surface area contributed by atoms with Gasteiger partial charge in [-0.15, -0.1) is 0 Å². The van der Waals surface area contributed by atoms with Crippen molar-refractivity contribution in [3.05, 3.63) is 30.1 Å². The van der Waals surface area contributed by atoms with Gasteiger partial charge in [0.2, 0.25) is 0 Å². The van der Waals surface area contributed by atoms with Crippen LogP contribution in [0.1, 0.15) is 33.0 Å². The van der Waals surface area contributed by atoms with E-state index in [4.69, 9.17) is 4.98 Å². The molecule has 2 aromatic rings. The zero-order chi connectivity index (χ0) is 14.0. The van der Waals surface area contributed by atoms with Crippen LogP contribution >= 0.6 is 0 Å². The Hall–Kier alpha value is -1.35. The summed E-state index contributed by atoms with van der Waals surface area (Å²) in [6.45, 7) is 8.84. The number of nitrogens with zero attached hydrogens (tertiary/aromatic N) is 3. The summed E-state index contributed by atoms with van der Waals surface area (Å²) >= 11 is 0. The Morgan fingerprint density at radius 3 is 2.47 bits per heavy atom. The van der Waals surface area contributed by atoms with E-state index in [-0.39, 0.29) is 5.41 Å². The zero-order valence-corrected chi connectivity index (χ0v) is 12.8. The lowest BCUT2D eigenvalue weighted by atomic mass is 9.95. The molecule has 3 nitrogen and oxygen atoms in total. The van der Waals surface area contributed by atoms with Gasteiger partial charge < -0.3 is 9.47 Å². The van der Waals surface area contributed by atoms with Crippen molar-refractivity contribution in [1.82, 2.24) is 14.5 Å². The Kier molecular flexibility index (Phi) is 3.95. The molecule has 0 radical (unpaired) electrons. The summed E-state index contributed by atoms with van der Waals surface area (Å²) in [5.74, 6) is 1.19. The van der Waals surface area contributed by atoms with Crippen molar-refractivity contribution in [2.75, 3.05) is 20.6 Å². The predicted octanol–water partition coefficient (Wildman–Crippen LogP) is 3.29. The third kappa shape index (κ3) is 3.16. The number of rotatable bonds is 4. The van der Waals surface area contributed by atoms with Crippen molar-refractivity contribution in [2.24, 2.45) is 0 Å². The molecule has 0 unspecified atom stereocenters. The highest BCUT2D eigenvalue weighted by Gasteiger charge is 2.22. The third-order valence-electron chi connectivity index (χ3n) is 3.31. The first-order chi connectivity index (χ1) is 8.89. The van der Waals surface area contributed by atoms with Crippen LogP contribution in [0.5, 0.6) is 0 Å². The van der Waals surface area contributed by atoms with Crippen LogP contribution in [-0.4, -0.2) is 35.1 Å². The van der Waals surface area contributed by atoms with Gasteiger partial charge in [0.15, 0.2) is 0 Å². The van der Waals surface area contributed by atoms with Gasteiger partial charge in [-0.2, -0.15) is 0 Å². The molecule has 2 rings (SSSR count). The van der Waals surface area contributed by atoms with E-state index >= 15 is 0 Å². The topological polar surface area (TPSA) is 21.1 Å². The summed E-state index contributed by atoms with van der Waals surface area (Å²) in [6.07, 6.45) is 1.15. The summed E-state index contributed by atoms with van der Waals surface area (Å²) < 4.78 is 2.39. The molecule has 0 spiro atoms. The largest absolute Gasteiger partial charge is 0.327 e. The van der Waals surface area contributed by atoms with Crippen molar-refractivity contribution in [3.63, 3.8) is 0 Å². The van der Waals surface area contributed by atoms with E-state index in [0.717, 1.165) is 25.0 Å². The van der Waals surface area contributed by atoms with Crippen molar-refractivity contribution < 1.29 is 0 Å². The van der Waals surface area contributed by atoms with E-state index in [0.29, 0.717) is 0 Å². The van der Waals surface area contributed by atoms with Crippen LogP contribution in [0.25, 0.3) is 11.0 Å². The fraction of sp³-hybridized carbons (Fsp3) is 0.562. The SMILES string of the molecule is CN(C)CCCn1c(C(C)(C)C)nc2ccccc21. The standard InChI is InChI=1S/C16H25N3/c1-16(2,3)15-17-13-9-6-7-10-14(13)19(15)12-8-11-18(4)5/h6-7,9-10H,8,11-12H2,1-5H3. The highest BCUT2D eigenvalue weighted by Crippen LogP contribution is 2.26. The predicted molar refractivity (Wildman–Crippen MR) is 81.6 cm³/mol. The van der Waals surface area contributed by atoms with Gasteiger partial charge >= 0.3 is 0 Å². The van der Waals surface area contributed by atoms with Gasteiger partial charge in [0, 0.05) is 12.0 Å². The molecule has 0 saturated heterocycles. The smallest absolute Gasteiger partial charge is 0.115 e. The maximum absolute atomic E-state index is 4.83. The Balaban J connectivity index is 2.37. The van der Waals surface area contributed by atoms with Crippen LogP contribution < -0.4 is 0 Å². The molecule has 1 aromatic carbocycles. The van der Waals surface area contributed by atoms with E-state index in [2.05, 4.69) is 68.6 Å². The van der Waals surface area contributed by atoms with E-state index in [9.17, 15) is 0 Å². The monoisotopic (exact) mass is 259 g/mol. The average molecular weight is 259 g/mol. The van der Waals surface area contributed by atoms with Crippen LogP contribution in [0.4, 0.5) is 0 Å². The Bertz CT molecular complexity index is 547. The van der Waals surface area contributed by atoms with Gasteiger partial charge in [-0.05, 0) is 39.2 Å². The minimum atomic E-state index is 0.0805. The normalized spacial score (nSPS) is 12.5. The molecule has 0 saturated carbocycles. The molecule has 3 heteroatoms. The van der Waals surface area contributed by atoms with Crippen LogP contribution in [0.2, 0.25) is 0 Å². The summed E-state index contributed by atoms with van der Waals surface area (Å²) in [4.78, 5) is 7.06. The number of para-hydroxylation sites is 2. The van der Waals surface area contributed by atoms with Gasteiger partial charge in [0.25, 0.3) is 0 Å². The molecule has 104 valence electrons. The van der Waals surface area contributed by atoms with Crippen molar-refractivity contribution in [1.29, 1.82) is 0 Å². The minimum Gasteiger partial charge on any atom is -0.327 e. The van der Waals surface area contributed by atoms with E-state index in [1.54, 1.807) is 0 Å². The van der Waals surface area contributed by atoms with E-state index in [1.165, 1.54) is 11.3 Å². The molecule has 0 aliphatic carbocycles. The van der Waals surface area contributed by atoms with Gasteiger partial charge in [-0.1, -0.05) is 32.9 Å². The first-order valence-corrected chi connectivity index (χ1v) is 7.00. The van der Waals surface area contributed by atoms with Gasteiger partial charge in [-0.3, -0.25) is 0 Å². The van der Waals surface area contributed by atoms with Crippen LogP contribution in [0.15, 0.2) is 24.3 Å². The lowest BCUT2D eigenvalue weighted by molar-refractivity contribution is 0.381. The molecule has 1 aromatic heterocycles. The maximum atomic E-state index is 4.83. The second-order valence-corrected chi connectivity index (χ2v) is 6.48. The molecule has 0 atom stereocenters. The number of aryl methyl sites for hydroxylation is 1. The van der Waals surface area contributed by atoms with Crippen molar-refractivity contribution in [2.45, 2.75) is 39.2 Å². The van der Waals surface area contributed by atoms with Crippen LogP contribution in [0.3, 0.4) is 0 Å². The van der Waals surface area contributed by atoms with Gasteiger partial charge in [0.1, 0.15) is 5.82 Å². The van der Waals surface area contributed by atoms with E-state index in [1.807, 2.05) is 0 Å². The lowest BCUT2D eigenvalue weighted by Gasteiger charge is -2.20. The Labute approximate surface area is 116 Å². The average Bonchev–Trinajstić information content (AvgIpc) is 2.68. The van der Waals surface area contributed by atoms with Gasteiger partial charge in [-0.25, -0.2) is 4.98 Å². The van der Waals surface area contributed by atoms with Gasteiger partial charge in [0.05, 0.1) is 11.0 Å². The number of aromatic nitrogens is 2. The van der Waals surface area contributed by atoms with Crippen LogP contribution in [0, 0.1) is 0 Å². The second kappa shape index (κ2) is 5.33. The molecular formula is C16H25N3.